The highest BCUT2D eigenvalue weighted by atomic mass is 32.2. The summed E-state index contributed by atoms with van der Waals surface area (Å²) in [4.78, 5) is 44.8. The van der Waals surface area contributed by atoms with Crippen molar-refractivity contribution in [3.05, 3.63) is 310 Å². The summed E-state index contributed by atoms with van der Waals surface area (Å²) >= 11 is 9.28. The van der Waals surface area contributed by atoms with Crippen molar-refractivity contribution in [2.45, 2.75) is 47.9 Å². The molecule has 8 aromatic carbocycles. The lowest BCUT2D eigenvalue weighted by molar-refractivity contribution is -0.144. The van der Waals surface area contributed by atoms with Crippen LogP contribution in [0.1, 0.15) is 75.6 Å². The normalized spacial score (nSPS) is 16.7. The van der Waals surface area contributed by atoms with E-state index >= 15 is 9.59 Å². The number of nitrogens with one attached hydrogen (secondary N) is 2. The molecule has 9 aromatic rings. The van der Waals surface area contributed by atoms with Crippen LogP contribution in [0.2, 0.25) is 0 Å². The number of anilines is 1. The maximum absolute atomic E-state index is 15.6. The topological polar surface area (TPSA) is 114 Å². The van der Waals surface area contributed by atoms with Crippen LogP contribution in [0.3, 0.4) is 0 Å². The van der Waals surface area contributed by atoms with Crippen LogP contribution < -0.4 is 10.6 Å². The van der Waals surface area contributed by atoms with E-state index in [0.717, 1.165) is 69.3 Å². The number of aromatic nitrogens is 1. The quantitative estimate of drug-likeness (QED) is 0.0269. The lowest BCUT2D eigenvalue weighted by Gasteiger charge is -2.50. The number of β-lactam (4-membered cyclic amide) rings is 1. The van der Waals surface area contributed by atoms with Crippen LogP contribution in [0.25, 0.3) is 0 Å². The van der Waals surface area contributed by atoms with E-state index in [1.807, 2.05) is 212 Å². The van der Waals surface area contributed by atoms with Gasteiger partial charge in [0.05, 0.1) is 5.70 Å². The monoisotopic (exact) mass is 1130 g/mol. The molecule has 2 atom stereocenters. The molecule has 2 fully saturated rings. The van der Waals surface area contributed by atoms with Crippen molar-refractivity contribution in [3.8, 4) is 0 Å². The minimum atomic E-state index is -1.34. The van der Waals surface area contributed by atoms with Gasteiger partial charge < -0.3 is 24.9 Å². The van der Waals surface area contributed by atoms with Gasteiger partial charge in [0.2, 0.25) is 10.7 Å². The van der Waals surface area contributed by atoms with Crippen molar-refractivity contribution in [2.75, 3.05) is 24.3 Å². The summed E-state index contributed by atoms with van der Waals surface area (Å²) in [5, 5.41) is 14.1. The van der Waals surface area contributed by atoms with Crippen molar-refractivity contribution >= 4 is 63.0 Å². The zero-order chi connectivity index (χ0) is 55.7. The Bertz CT molecular complexity index is 3450. The third-order valence-electron chi connectivity index (χ3n) is 15.5. The van der Waals surface area contributed by atoms with E-state index in [0.29, 0.717) is 35.7 Å². The van der Waals surface area contributed by atoms with Gasteiger partial charge in [0.25, 0.3) is 11.8 Å². The molecule has 408 valence electrons. The molecule has 1 aromatic heterocycles. The number of carbonyl (C=O) groups excluding carboxylic acids is 2. The Kier molecular flexibility index (Phi) is 16.3. The van der Waals surface area contributed by atoms with Crippen molar-refractivity contribution < 1.29 is 23.9 Å². The van der Waals surface area contributed by atoms with Gasteiger partial charge in [0, 0.05) is 41.0 Å². The maximum Gasteiger partial charge on any atom is 0.276 e. The highest BCUT2D eigenvalue weighted by molar-refractivity contribution is 8.00. The van der Waals surface area contributed by atoms with E-state index in [2.05, 4.69) is 47.0 Å². The fourth-order valence-corrected chi connectivity index (χ4v) is 13.9. The first-order valence-electron chi connectivity index (χ1n) is 27.6. The number of benzene rings is 8. The summed E-state index contributed by atoms with van der Waals surface area (Å²) in [6, 6.07) is 79.4. The van der Waals surface area contributed by atoms with Gasteiger partial charge in [0.1, 0.15) is 28.8 Å². The molecular weight excluding hydrogens is 1070 g/mol. The zero-order valence-electron chi connectivity index (χ0n) is 44.8. The van der Waals surface area contributed by atoms with E-state index in [4.69, 9.17) is 36.7 Å². The molecule has 10 nitrogen and oxygen atoms in total. The molecule has 0 spiro atoms. The van der Waals surface area contributed by atoms with Crippen LogP contribution in [0, 0.1) is 5.92 Å². The van der Waals surface area contributed by atoms with Crippen molar-refractivity contribution in [1.29, 1.82) is 0 Å². The average Bonchev–Trinajstić information content (AvgIpc) is 3.63. The summed E-state index contributed by atoms with van der Waals surface area (Å²) in [6.45, 7) is 1.37. The third kappa shape index (κ3) is 10.9. The Hall–Kier alpha value is -8.46. The number of hydrogen-bond donors (Lipinski definition) is 2. The van der Waals surface area contributed by atoms with Crippen LogP contribution in [0.5, 0.6) is 0 Å². The first kappa shape index (κ1) is 54.1. The van der Waals surface area contributed by atoms with Crippen LogP contribution in [-0.4, -0.2) is 62.8 Å². The summed E-state index contributed by atoms with van der Waals surface area (Å²) in [6.07, 6.45) is 2.03. The van der Waals surface area contributed by atoms with Crippen molar-refractivity contribution in [1.82, 2.24) is 15.2 Å². The highest BCUT2D eigenvalue weighted by Crippen LogP contribution is 2.46. The van der Waals surface area contributed by atoms with Gasteiger partial charge in [-0.25, -0.2) is 4.98 Å². The second-order valence-electron chi connectivity index (χ2n) is 20.5. The Morgan fingerprint density at radius 1 is 0.646 bits per heavy atom. The number of amides is 2. The fourth-order valence-electron chi connectivity index (χ4n) is 11.5. The van der Waals surface area contributed by atoms with E-state index in [1.54, 1.807) is 16.7 Å². The van der Waals surface area contributed by atoms with E-state index in [1.165, 1.54) is 11.3 Å². The molecule has 2 N–H and O–H groups in total. The largest absolute Gasteiger partial charge is 0.469 e. The number of carbonyl (C=O) groups is 2. The number of thiocarbonyl (C=S) groups is 1. The Balaban J connectivity index is 0.932. The molecule has 0 bridgehead atoms. The molecule has 0 radical (unpaired) electrons. The third-order valence-corrected chi connectivity index (χ3v) is 17.9. The van der Waals surface area contributed by atoms with Gasteiger partial charge >= 0.3 is 0 Å². The number of ether oxygens (including phenoxy) is 2. The van der Waals surface area contributed by atoms with Gasteiger partial charge in [0.15, 0.2) is 10.8 Å². The smallest absolute Gasteiger partial charge is 0.276 e. The Morgan fingerprint density at radius 2 is 1.09 bits per heavy atom. The first-order valence-corrected chi connectivity index (χ1v) is 29.9. The number of nitrogens with zero attached hydrogens (tertiary/aromatic N) is 3. The predicted molar refractivity (Wildman–Crippen MR) is 330 cm³/mol. The molecule has 13 heteroatoms. The summed E-state index contributed by atoms with van der Waals surface area (Å²) in [5.41, 5.74) is 6.70. The van der Waals surface area contributed by atoms with Gasteiger partial charge in [-0.1, -0.05) is 248 Å². The summed E-state index contributed by atoms with van der Waals surface area (Å²) in [5.74, 6) is 0.000341. The van der Waals surface area contributed by atoms with E-state index in [9.17, 15) is 0 Å². The van der Waals surface area contributed by atoms with Gasteiger partial charge in [-0.15, -0.1) is 23.1 Å². The van der Waals surface area contributed by atoms with Crippen molar-refractivity contribution in [2.24, 2.45) is 11.1 Å². The molecule has 3 aliphatic rings. The lowest BCUT2D eigenvalue weighted by Crippen LogP contribution is -2.71. The number of rotatable bonds is 19. The van der Waals surface area contributed by atoms with Crippen LogP contribution in [-0.2, 0) is 35.0 Å². The number of hydrogen-bond acceptors (Lipinski definition) is 11. The molecule has 12 rings (SSSR count). The molecule has 0 saturated carbocycles. The maximum atomic E-state index is 15.6. The molecule has 82 heavy (non-hydrogen) atoms. The predicted octanol–water partition coefficient (Wildman–Crippen LogP) is 13.9. The van der Waals surface area contributed by atoms with Crippen LogP contribution in [0.15, 0.2) is 264 Å². The molecule has 4 heterocycles. The second kappa shape index (κ2) is 24.7. The minimum Gasteiger partial charge on any atom is -0.469 e. The molecule has 3 aliphatic heterocycles. The molecular formula is C69H59N5O5S3. The lowest BCUT2D eigenvalue weighted by atomic mass is 9.77. The number of oxime groups is 1. The Morgan fingerprint density at radius 3 is 1.55 bits per heavy atom. The van der Waals surface area contributed by atoms with Gasteiger partial charge in [-0.2, -0.15) is 0 Å². The SMILES string of the molecule is O=C(NC1C(=O)N2C(C(=S)OC(c3ccccc3)c3ccccc3)=C(CC3CCOCC3)CS[C@H]12)/C(=N/OC(c1ccccc1)(c1ccccc1)c1ccccc1)c1csc(NC(c2ccccc2)(c2ccccc2)c2ccccc2)n1. The minimum absolute atomic E-state index is 0.114. The molecule has 2 saturated heterocycles. The average molecular weight is 1130 g/mol. The van der Waals surface area contributed by atoms with Crippen molar-refractivity contribution in [3.63, 3.8) is 0 Å². The standard InChI is InChI=1S/C69H59N5O5S3/c75-63(71-60-64(76)74-61(51(46-81-65(60)74)45-48-41-43-77-44-42-48)66(80)78-62(49-25-9-1-10-26-49)50-27-11-2-12-28-50)59(73-79-69(55-35-19-6-20-36-55,56-37-21-7-22-38-56)57-39-23-8-24-40-57)58-47-82-67(70-58)72-68(52-29-13-3-14-30-52,53-31-15-4-16-32-53)54-33-17-5-18-34-54/h1-40,47-48,60,62,65H,41-46H2,(H,70,72)(H,71,75)/b73-59+/t60?,65-/m1/s1. The van der Waals surface area contributed by atoms with Crippen LogP contribution in [0.4, 0.5) is 5.13 Å². The number of thiazole rings is 1. The van der Waals surface area contributed by atoms with Gasteiger partial charge in [-0.05, 0) is 70.8 Å². The summed E-state index contributed by atoms with van der Waals surface area (Å²) in [7, 11) is 0. The highest BCUT2D eigenvalue weighted by Gasteiger charge is 2.54. The molecule has 2 amide bonds. The van der Waals surface area contributed by atoms with E-state index < -0.39 is 34.6 Å². The van der Waals surface area contributed by atoms with Gasteiger partial charge in [-0.3, -0.25) is 14.5 Å². The molecule has 0 aliphatic carbocycles. The number of fused-ring (bicyclic) bond motifs is 1. The first-order chi connectivity index (χ1) is 40.4. The molecule has 1 unspecified atom stereocenters. The second-order valence-corrected chi connectivity index (χ2v) is 22.8. The van der Waals surface area contributed by atoms with Crippen LogP contribution >= 0.6 is 35.3 Å². The fraction of sp³-hybridized carbons (Fsp3) is 0.174. The number of thioether (sulfide) groups is 1. The Labute approximate surface area is 491 Å². The van der Waals surface area contributed by atoms with E-state index in [-0.39, 0.29) is 22.4 Å². The summed E-state index contributed by atoms with van der Waals surface area (Å²) < 4.78 is 12.7. The zero-order valence-corrected chi connectivity index (χ0v) is 47.3.